The maximum atomic E-state index is 15.6. The SMILES string of the molecule is CC(C)(O)CN/C=C1/C=C(c2c(-c3ccc(C#N)c(F)c3)nc3c(N4CCCC(N)C4)nccn23)C(F)=CC1=N. The molecule has 1 atom stereocenters. The summed E-state index contributed by atoms with van der Waals surface area (Å²) in [6.45, 7) is 4.83. The molecule has 5 rings (SSSR count). The van der Waals surface area contributed by atoms with Gasteiger partial charge < -0.3 is 26.5 Å². The van der Waals surface area contributed by atoms with Crippen LogP contribution in [0.15, 0.2) is 60.3 Å². The highest BCUT2D eigenvalue weighted by Crippen LogP contribution is 2.38. The zero-order valence-electron chi connectivity index (χ0n) is 22.2. The summed E-state index contributed by atoms with van der Waals surface area (Å²) in [5.41, 5.74) is 7.07. The van der Waals surface area contributed by atoms with Crippen LogP contribution in [0.25, 0.3) is 22.5 Å². The number of imidazole rings is 1. The van der Waals surface area contributed by atoms with Gasteiger partial charge in [0.15, 0.2) is 11.5 Å². The fourth-order valence-electron chi connectivity index (χ4n) is 4.90. The molecule has 0 saturated carbocycles. The Bertz CT molecular complexity index is 1620. The molecule has 1 unspecified atom stereocenters. The quantitative estimate of drug-likeness (QED) is 0.370. The van der Waals surface area contributed by atoms with E-state index in [0.29, 0.717) is 40.5 Å². The van der Waals surface area contributed by atoms with Crippen molar-refractivity contribution >= 4 is 22.7 Å². The van der Waals surface area contributed by atoms with Crippen molar-refractivity contribution in [1.82, 2.24) is 19.7 Å². The van der Waals surface area contributed by atoms with Crippen LogP contribution >= 0.6 is 0 Å². The van der Waals surface area contributed by atoms with Crippen molar-refractivity contribution in [2.24, 2.45) is 5.73 Å². The minimum Gasteiger partial charge on any atom is -0.389 e. The number of aromatic nitrogens is 3. The number of piperidine rings is 1. The summed E-state index contributed by atoms with van der Waals surface area (Å²) in [6.07, 6.45) is 9.25. The van der Waals surface area contributed by atoms with Crippen molar-refractivity contribution in [3.05, 3.63) is 77.4 Å². The van der Waals surface area contributed by atoms with Crippen molar-refractivity contribution in [3.63, 3.8) is 0 Å². The van der Waals surface area contributed by atoms with E-state index in [1.807, 2.05) is 11.0 Å². The summed E-state index contributed by atoms with van der Waals surface area (Å²) in [6, 6.07) is 5.95. The van der Waals surface area contributed by atoms with Crippen LogP contribution in [0.4, 0.5) is 14.6 Å². The minimum absolute atomic E-state index is 0.0196. The van der Waals surface area contributed by atoms with Crippen LogP contribution < -0.4 is 16.0 Å². The second-order valence-corrected chi connectivity index (χ2v) is 10.7. The summed E-state index contributed by atoms with van der Waals surface area (Å²) in [7, 11) is 0. The molecule has 1 aliphatic carbocycles. The minimum atomic E-state index is -0.990. The zero-order valence-corrected chi connectivity index (χ0v) is 22.2. The zero-order chi connectivity index (χ0) is 28.6. The van der Waals surface area contributed by atoms with Crippen molar-refractivity contribution in [2.75, 3.05) is 24.5 Å². The highest BCUT2D eigenvalue weighted by Gasteiger charge is 2.28. The lowest BCUT2D eigenvalue weighted by Gasteiger charge is -2.31. The number of rotatable bonds is 6. The van der Waals surface area contributed by atoms with Gasteiger partial charge in [0.25, 0.3) is 0 Å². The Labute approximate surface area is 230 Å². The molecule has 1 aromatic carbocycles. The molecule has 9 nitrogen and oxygen atoms in total. The standard InChI is InChI=1S/C29H30F2N8O/c1-29(2,40)16-35-14-19-10-21(23(31)12-24(19)34)26-25(17-5-6-18(13-32)22(30)11-17)37-28-27(36-7-9-39(26)28)38-8-3-4-20(33)15-38/h5-7,9-12,14,20,34-35,40H,3-4,8,15-16,33H2,1-2H3/b19-14-,34-24?. The fourth-order valence-corrected chi connectivity index (χ4v) is 4.90. The van der Waals surface area contributed by atoms with Gasteiger partial charge in [0.05, 0.1) is 28.3 Å². The number of halogens is 2. The number of aliphatic hydroxyl groups is 1. The van der Waals surface area contributed by atoms with Crippen LogP contribution in [-0.4, -0.2) is 56.5 Å². The van der Waals surface area contributed by atoms with Crippen molar-refractivity contribution in [2.45, 2.75) is 38.3 Å². The molecule has 0 amide bonds. The molecule has 2 aliphatic rings. The number of nitrogens with zero attached hydrogens (tertiary/aromatic N) is 5. The highest BCUT2D eigenvalue weighted by molar-refractivity contribution is 6.14. The number of fused-ring (bicyclic) bond motifs is 1. The Morgan fingerprint density at radius 1 is 1.32 bits per heavy atom. The predicted octanol–water partition coefficient (Wildman–Crippen LogP) is 3.85. The van der Waals surface area contributed by atoms with Crippen LogP contribution in [0.2, 0.25) is 0 Å². The van der Waals surface area contributed by atoms with Crippen LogP contribution in [0.3, 0.4) is 0 Å². The molecule has 3 heterocycles. The number of nitrogens with one attached hydrogen (secondary N) is 2. The van der Waals surface area contributed by atoms with Gasteiger partial charge in [-0.15, -0.1) is 0 Å². The van der Waals surface area contributed by atoms with Gasteiger partial charge in [-0.3, -0.25) is 4.40 Å². The number of benzene rings is 1. The highest BCUT2D eigenvalue weighted by atomic mass is 19.1. The van der Waals surface area contributed by atoms with E-state index in [9.17, 15) is 14.8 Å². The molecule has 40 heavy (non-hydrogen) atoms. The summed E-state index contributed by atoms with van der Waals surface area (Å²) >= 11 is 0. The van der Waals surface area contributed by atoms with Gasteiger partial charge in [-0.1, -0.05) is 6.07 Å². The molecule has 2 aromatic heterocycles. The van der Waals surface area contributed by atoms with Gasteiger partial charge in [0.2, 0.25) is 0 Å². The lowest BCUT2D eigenvalue weighted by Crippen LogP contribution is -2.43. The van der Waals surface area contributed by atoms with Gasteiger partial charge in [-0.05, 0) is 44.9 Å². The molecule has 0 bridgehead atoms. The van der Waals surface area contributed by atoms with Gasteiger partial charge in [-0.2, -0.15) is 5.26 Å². The van der Waals surface area contributed by atoms with Gasteiger partial charge >= 0.3 is 0 Å². The Hall–Kier alpha value is -4.40. The van der Waals surface area contributed by atoms with E-state index in [2.05, 4.69) is 10.3 Å². The topological polar surface area (TPSA) is 139 Å². The number of hydrogen-bond acceptors (Lipinski definition) is 8. The van der Waals surface area contributed by atoms with Gasteiger partial charge in [0, 0.05) is 67.1 Å². The Morgan fingerprint density at radius 2 is 2.12 bits per heavy atom. The smallest absolute Gasteiger partial charge is 0.181 e. The van der Waals surface area contributed by atoms with Crippen molar-refractivity contribution < 1.29 is 13.9 Å². The van der Waals surface area contributed by atoms with Gasteiger partial charge in [-0.25, -0.2) is 18.7 Å². The molecule has 1 aliphatic heterocycles. The lowest BCUT2D eigenvalue weighted by atomic mass is 9.95. The second-order valence-electron chi connectivity index (χ2n) is 10.7. The molecule has 1 saturated heterocycles. The van der Waals surface area contributed by atoms with E-state index >= 15 is 4.39 Å². The molecule has 206 valence electrons. The molecule has 0 spiro atoms. The molecule has 3 aromatic rings. The number of hydrogen-bond donors (Lipinski definition) is 4. The van der Waals surface area contributed by atoms with E-state index in [1.165, 1.54) is 18.2 Å². The summed E-state index contributed by atoms with van der Waals surface area (Å²) < 4.78 is 32.1. The first-order valence-corrected chi connectivity index (χ1v) is 13.0. The molecule has 0 radical (unpaired) electrons. The first-order chi connectivity index (χ1) is 19.1. The van der Waals surface area contributed by atoms with E-state index in [4.69, 9.17) is 16.1 Å². The van der Waals surface area contributed by atoms with E-state index < -0.39 is 17.2 Å². The number of nitriles is 1. The van der Waals surface area contributed by atoms with Crippen molar-refractivity contribution in [1.29, 1.82) is 10.7 Å². The molecule has 5 N–H and O–H groups in total. The van der Waals surface area contributed by atoms with E-state index in [1.54, 1.807) is 42.9 Å². The average molecular weight is 545 g/mol. The first kappa shape index (κ1) is 27.2. The van der Waals surface area contributed by atoms with E-state index in [-0.39, 0.29) is 29.4 Å². The Morgan fingerprint density at radius 3 is 2.83 bits per heavy atom. The number of nitrogens with two attached hydrogens (primary N) is 1. The third-order valence-electron chi connectivity index (χ3n) is 6.83. The maximum absolute atomic E-state index is 15.6. The fraction of sp³-hybridized carbons (Fsp3) is 0.310. The van der Waals surface area contributed by atoms with Crippen LogP contribution in [0.5, 0.6) is 0 Å². The van der Waals surface area contributed by atoms with Crippen LogP contribution in [-0.2, 0) is 0 Å². The van der Waals surface area contributed by atoms with Gasteiger partial charge in [0.1, 0.15) is 17.7 Å². The molecule has 1 fully saturated rings. The first-order valence-electron chi connectivity index (χ1n) is 13.0. The third kappa shape index (κ3) is 5.36. The maximum Gasteiger partial charge on any atom is 0.181 e. The third-order valence-corrected chi connectivity index (χ3v) is 6.83. The second kappa shape index (κ2) is 10.6. The lowest BCUT2D eigenvalue weighted by molar-refractivity contribution is 0.0835. The monoisotopic (exact) mass is 544 g/mol. The van der Waals surface area contributed by atoms with Crippen LogP contribution in [0, 0.1) is 22.6 Å². The van der Waals surface area contributed by atoms with Crippen LogP contribution in [0.1, 0.15) is 37.9 Å². The van der Waals surface area contributed by atoms with E-state index in [0.717, 1.165) is 25.5 Å². The molecular formula is C29H30F2N8O. The predicted molar refractivity (Wildman–Crippen MR) is 150 cm³/mol. The summed E-state index contributed by atoms with van der Waals surface area (Å²) in [4.78, 5) is 11.5. The Kier molecular flexibility index (Phi) is 7.23. The number of anilines is 1. The molecular weight excluding hydrogens is 514 g/mol. The largest absolute Gasteiger partial charge is 0.389 e. The summed E-state index contributed by atoms with van der Waals surface area (Å²) in [5, 5.41) is 30.5. The van der Waals surface area contributed by atoms with Crippen molar-refractivity contribution in [3.8, 4) is 17.3 Å². The Balaban J connectivity index is 1.71. The average Bonchev–Trinajstić information content (AvgIpc) is 3.29. The number of allylic oxidation sites excluding steroid dienone is 5. The summed E-state index contributed by atoms with van der Waals surface area (Å²) in [5.74, 6) is -0.786. The molecule has 11 heteroatoms. The normalized spacial score (nSPS) is 19.0.